The van der Waals surface area contributed by atoms with E-state index in [1.807, 2.05) is 61.5 Å². The fourth-order valence-electron chi connectivity index (χ4n) is 3.82. The summed E-state index contributed by atoms with van der Waals surface area (Å²) in [5.74, 6) is -0.0337. The van der Waals surface area contributed by atoms with E-state index in [0.29, 0.717) is 22.2 Å². The second-order valence-corrected chi connectivity index (χ2v) is 7.83. The minimum atomic E-state index is -0.564. The topological polar surface area (TPSA) is 104 Å². The highest BCUT2D eigenvalue weighted by atomic mass is 16.2. The number of aromatic amines is 2. The van der Waals surface area contributed by atoms with E-state index in [4.69, 9.17) is 0 Å². The zero-order chi connectivity index (χ0) is 22.2. The van der Waals surface area contributed by atoms with Crippen molar-refractivity contribution in [1.29, 1.82) is 0 Å². The van der Waals surface area contributed by atoms with Crippen LogP contribution < -0.4 is 10.9 Å². The van der Waals surface area contributed by atoms with Crippen LogP contribution in [0.25, 0.3) is 33.2 Å². The second-order valence-electron chi connectivity index (χ2n) is 7.83. The van der Waals surface area contributed by atoms with Crippen LogP contribution in [0, 0.1) is 6.92 Å². The number of amides is 1. The summed E-state index contributed by atoms with van der Waals surface area (Å²) < 4.78 is 0. The highest BCUT2D eigenvalue weighted by molar-refractivity contribution is 5.99. The van der Waals surface area contributed by atoms with Crippen LogP contribution >= 0.6 is 0 Å². The van der Waals surface area contributed by atoms with Gasteiger partial charge in [0, 0.05) is 16.6 Å². The van der Waals surface area contributed by atoms with Gasteiger partial charge in [-0.2, -0.15) is 5.10 Å². The minimum Gasteiger partial charge on any atom is -0.338 e. The van der Waals surface area contributed by atoms with Gasteiger partial charge >= 0.3 is 0 Å². The number of anilines is 1. The van der Waals surface area contributed by atoms with Crippen molar-refractivity contribution in [3.05, 3.63) is 88.3 Å². The van der Waals surface area contributed by atoms with Crippen LogP contribution in [0.1, 0.15) is 24.1 Å². The third-order valence-electron chi connectivity index (χ3n) is 5.69. The number of carbonyl (C=O) groups is 1. The SMILES string of the molecule is Cc1ccc(-c2nc3ccccc3[nH]2)cc1NC(=O)C(C)c1n[nH]c(=O)c2ccccc12. The summed E-state index contributed by atoms with van der Waals surface area (Å²) in [5, 5.41) is 10.9. The zero-order valence-electron chi connectivity index (χ0n) is 17.6. The van der Waals surface area contributed by atoms with E-state index in [2.05, 4.69) is 25.5 Å². The van der Waals surface area contributed by atoms with E-state index in [1.165, 1.54) is 0 Å². The lowest BCUT2D eigenvalue weighted by Gasteiger charge is -2.15. The van der Waals surface area contributed by atoms with Crippen LogP contribution in [0.4, 0.5) is 5.69 Å². The number of H-pyrrole nitrogens is 2. The maximum absolute atomic E-state index is 13.1. The Kier molecular flexibility index (Phi) is 4.78. The van der Waals surface area contributed by atoms with Crippen molar-refractivity contribution in [1.82, 2.24) is 20.2 Å². The number of nitrogens with one attached hydrogen (secondary N) is 3. The molecule has 7 heteroatoms. The van der Waals surface area contributed by atoms with Gasteiger partial charge in [0.25, 0.3) is 5.56 Å². The molecule has 1 amide bonds. The average Bonchev–Trinajstić information content (AvgIpc) is 3.25. The average molecular weight is 423 g/mol. The fraction of sp³-hybridized carbons (Fsp3) is 0.120. The van der Waals surface area contributed by atoms with Crippen molar-refractivity contribution in [2.45, 2.75) is 19.8 Å². The number of carbonyl (C=O) groups excluding carboxylic acids is 1. The molecule has 32 heavy (non-hydrogen) atoms. The molecule has 2 heterocycles. The van der Waals surface area contributed by atoms with Crippen LogP contribution in [0.15, 0.2) is 71.5 Å². The molecule has 1 atom stereocenters. The standard InChI is InChI=1S/C25H21N5O2/c1-14-11-12-16(23-26-19-9-5-6-10-20(19)27-23)13-21(14)28-24(31)15(2)22-17-7-3-4-8-18(17)25(32)30-29-22/h3-13,15H,1-2H3,(H,26,27)(H,28,31)(H,30,32). The minimum absolute atomic E-state index is 0.209. The van der Waals surface area contributed by atoms with E-state index < -0.39 is 5.92 Å². The normalized spacial score (nSPS) is 12.2. The van der Waals surface area contributed by atoms with Crippen molar-refractivity contribution < 1.29 is 4.79 Å². The summed E-state index contributed by atoms with van der Waals surface area (Å²) in [4.78, 5) is 33.1. The Morgan fingerprint density at radius 1 is 1.00 bits per heavy atom. The number of hydrogen-bond donors (Lipinski definition) is 3. The fourth-order valence-corrected chi connectivity index (χ4v) is 3.82. The molecule has 1 unspecified atom stereocenters. The van der Waals surface area contributed by atoms with Crippen molar-refractivity contribution in [2.75, 3.05) is 5.32 Å². The smallest absolute Gasteiger partial charge is 0.272 e. The zero-order valence-corrected chi connectivity index (χ0v) is 17.6. The summed E-state index contributed by atoms with van der Waals surface area (Å²) in [6, 6.07) is 20.8. The van der Waals surface area contributed by atoms with Crippen molar-refractivity contribution in [2.24, 2.45) is 0 Å². The highest BCUT2D eigenvalue weighted by Crippen LogP contribution is 2.27. The van der Waals surface area contributed by atoms with Crippen LogP contribution in [-0.2, 0) is 4.79 Å². The quantitative estimate of drug-likeness (QED) is 0.395. The number of fused-ring (bicyclic) bond motifs is 2. The van der Waals surface area contributed by atoms with E-state index in [9.17, 15) is 9.59 Å². The molecule has 0 aliphatic rings. The summed E-state index contributed by atoms with van der Waals surface area (Å²) in [6.45, 7) is 3.72. The number of aryl methyl sites for hydroxylation is 1. The Balaban J connectivity index is 1.46. The van der Waals surface area contributed by atoms with Crippen molar-refractivity contribution >= 4 is 33.4 Å². The van der Waals surface area contributed by atoms with E-state index in [-0.39, 0.29) is 11.5 Å². The molecule has 0 aliphatic heterocycles. The third-order valence-corrected chi connectivity index (χ3v) is 5.69. The molecule has 0 radical (unpaired) electrons. The molecule has 7 nitrogen and oxygen atoms in total. The molecule has 0 aliphatic carbocycles. The predicted molar refractivity (Wildman–Crippen MR) is 126 cm³/mol. The molecule has 158 valence electrons. The molecule has 0 bridgehead atoms. The largest absolute Gasteiger partial charge is 0.338 e. The van der Waals surface area contributed by atoms with Crippen molar-refractivity contribution in [3.63, 3.8) is 0 Å². The summed E-state index contributed by atoms with van der Waals surface area (Å²) in [7, 11) is 0. The Labute approximate surface area is 183 Å². The Morgan fingerprint density at radius 3 is 2.56 bits per heavy atom. The lowest BCUT2D eigenvalue weighted by Crippen LogP contribution is -2.22. The van der Waals surface area contributed by atoms with Gasteiger partial charge < -0.3 is 10.3 Å². The molecule has 0 fully saturated rings. The lowest BCUT2D eigenvalue weighted by atomic mass is 10.0. The first-order valence-electron chi connectivity index (χ1n) is 10.4. The first-order valence-corrected chi connectivity index (χ1v) is 10.4. The molecule has 0 spiro atoms. The number of aromatic nitrogens is 4. The van der Waals surface area contributed by atoms with Crippen LogP contribution in [-0.4, -0.2) is 26.1 Å². The molecular weight excluding hydrogens is 402 g/mol. The molecule has 0 saturated heterocycles. The molecule has 3 N–H and O–H groups in total. The number of hydrogen-bond acceptors (Lipinski definition) is 4. The molecular formula is C25H21N5O2. The van der Waals surface area contributed by atoms with Gasteiger partial charge in [0.2, 0.25) is 5.91 Å². The second kappa shape index (κ2) is 7.77. The molecule has 5 aromatic rings. The van der Waals surface area contributed by atoms with Gasteiger partial charge in [-0.15, -0.1) is 0 Å². The predicted octanol–water partition coefficient (Wildman–Crippen LogP) is 4.52. The number of rotatable bonds is 4. The van der Waals surface area contributed by atoms with Gasteiger partial charge in [-0.25, -0.2) is 10.1 Å². The molecule has 2 aromatic heterocycles. The number of imidazole rings is 1. The highest BCUT2D eigenvalue weighted by Gasteiger charge is 2.21. The van der Waals surface area contributed by atoms with Gasteiger partial charge in [-0.3, -0.25) is 9.59 Å². The molecule has 0 saturated carbocycles. The van der Waals surface area contributed by atoms with E-state index in [1.54, 1.807) is 19.1 Å². The van der Waals surface area contributed by atoms with E-state index in [0.717, 1.165) is 28.0 Å². The first kappa shape index (κ1) is 19.7. The van der Waals surface area contributed by atoms with Gasteiger partial charge in [-0.05, 0) is 43.7 Å². The Hall–Kier alpha value is -4.26. The third kappa shape index (κ3) is 3.43. The van der Waals surface area contributed by atoms with Crippen LogP contribution in [0.5, 0.6) is 0 Å². The monoisotopic (exact) mass is 423 g/mol. The van der Waals surface area contributed by atoms with Gasteiger partial charge in [0.1, 0.15) is 5.82 Å². The number of nitrogens with zero attached hydrogens (tertiary/aromatic N) is 2. The summed E-state index contributed by atoms with van der Waals surface area (Å²) >= 11 is 0. The lowest BCUT2D eigenvalue weighted by molar-refractivity contribution is -0.117. The van der Waals surface area contributed by atoms with Crippen molar-refractivity contribution in [3.8, 4) is 11.4 Å². The Bertz CT molecular complexity index is 1500. The Morgan fingerprint density at radius 2 is 1.75 bits per heavy atom. The van der Waals surface area contributed by atoms with Crippen LogP contribution in [0.2, 0.25) is 0 Å². The molecule has 3 aromatic carbocycles. The number of benzene rings is 3. The molecule has 5 rings (SSSR count). The maximum Gasteiger partial charge on any atom is 0.272 e. The maximum atomic E-state index is 13.1. The van der Waals surface area contributed by atoms with Gasteiger partial charge in [0.05, 0.1) is 28.0 Å². The summed E-state index contributed by atoms with van der Waals surface area (Å²) in [6.07, 6.45) is 0. The van der Waals surface area contributed by atoms with Crippen LogP contribution in [0.3, 0.4) is 0 Å². The summed E-state index contributed by atoms with van der Waals surface area (Å²) in [5.41, 5.74) is 4.62. The van der Waals surface area contributed by atoms with Gasteiger partial charge in [0.15, 0.2) is 0 Å². The van der Waals surface area contributed by atoms with Gasteiger partial charge in [-0.1, -0.05) is 42.5 Å². The first-order chi connectivity index (χ1) is 15.5. The van der Waals surface area contributed by atoms with E-state index >= 15 is 0 Å². The number of para-hydroxylation sites is 2.